The van der Waals surface area contributed by atoms with Crippen molar-refractivity contribution in [2.45, 2.75) is 39.7 Å². The van der Waals surface area contributed by atoms with E-state index < -0.39 is 22.4 Å². The highest BCUT2D eigenvalue weighted by Gasteiger charge is 2.35. The molecule has 0 spiro atoms. The molecule has 1 amide bonds. The van der Waals surface area contributed by atoms with E-state index in [2.05, 4.69) is 0 Å². The Morgan fingerprint density at radius 3 is 2.37 bits per heavy atom. The summed E-state index contributed by atoms with van der Waals surface area (Å²) in [6.07, 6.45) is 0.370. The van der Waals surface area contributed by atoms with Crippen LogP contribution in [0.2, 0.25) is 0 Å². The zero-order valence-corrected chi connectivity index (χ0v) is 18.4. The van der Waals surface area contributed by atoms with Crippen LogP contribution in [0.25, 0.3) is 0 Å². The molecule has 0 saturated carbocycles. The lowest BCUT2D eigenvalue weighted by molar-refractivity contribution is -0.153. The molecule has 0 aromatic heterocycles. The van der Waals surface area contributed by atoms with E-state index >= 15 is 0 Å². The smallest absolute Gasteiger partial charge is 0.309 e. The number of carbonyl (C=O) groups excluding carboxylic acids is 3. The first-order valence-electron chi connectivity index (χ1n) is 9.96. The molecule has 0 N–H and O–H groups in total. The second-order valence-corrected chi connectivity index (χ2v) is 10.1. The lowest BCUT2D eigenvalue weighted by atomic mass is 10.1. The fourth-order valence-electron chi connectivity index (χ4n) is 3.20. The van der Waals surface area contributed by atoms with E-state index in [1.165, 1.54) is 11.8 Å². The molecule has 2 rings (SSSR count). The monoisotopic (exact) mass is 439 g/mol. The normalized spacial score (nSPS) is 17.5. The molecule has 0 radical (unpaired) electrons. The van der Waals surface area contributed by atoms with Crippen molar-refractivity contribution in [1.82, 2.24) is 4.90 Å². The average Bonchev–Trinajstić information content (AvgIpc) is 3.04. The van der Waals surface area contributed by atoms with Gasteiger partial charge in [0, 0.05) is 18.2 Å². The van der Waals surface area contributed by atoms with E-state index in [9.17, 15) is 22.8 Å². The third-order valence-corrected chi connectivity index (χ3v) is 6.47. The van der Waals surface area contributed by atoms with Crippen molar-refractivity contribution in [1.29, 1.82) is 0 Å². The Hall–Kier alpha value is -2.42. The van der Waals surface area contributed by atoms with Crippen LogP contribution in [0.1, 0.15) is 44.0 Å². The quantitative estimate of drug-likeness (QED) is 0.405. The summed E-state index contributed by atoms with van der Waals surface area (Å²) < 4.78 is 34.0. The molecule has 1 atom stereocenters. The van der Waals surface area contributed by atoms with E-state index in [0.717, 1.165) is 0 Å². The number of nitrogens with zero attached hydrogens (tertiary/aromatic N) is 1. The molecular weight excluding hydrogens is 410 g/mol. The summed E-state index contributed by atoms with van der Waals surface area (Å²) >= 11 is 0. The van der Waals surface area contributed by atoms with Gasteiger partial charge in [0.15, 0.2) is 22.2 Å². The van der Waals surface area contributed by atoms with Crippen molar-refractivity contribution in [3.05, 3.63) is 29.8 Å². The lowest BCUT2D eigenvalue weighted by Crippen LogP contribution is -2.45. The van der Waals surface area contributed by atoms with Gasteiger partial charge in [-0.25, -0.2) is 8.42 Å². The molecule has 1 aliphatic heterocycles. The molecule has 30 heavy (non-hydrogen) atoms. The molecule has 1 saturated heterocycles. The van der Waals surface area contributed by atoms with Crippen LogP contribution < -0.4 is 4.74 Å². The van der Waals surface area contributed by atoms with Gasteiger partial charge in [0.25, 0.3) is 5.91 Å². The molecule has 8 nitrogen and oxygen atoms in total. The van der Waals surface area contributed by atoms with E-state index in [0.29, 0.717) is 24.3 Å². The topological polar surface area (TPSA) is 107 Å². The van der Waals surface area contributed by atoms with Crippen molar-refractivity contribution in [3.63, 3.8) is 0 Å². The van der Waals surface area contributed by atoms with Crippen molar-refractivity contribution in [2.24, 2.45) is 5.92 Å². The first kappa shape index (κ1) is 23.9. The fourth-order valence-corrected chi connectivity index (χ4v) is 4.94. The van der Waals surface area contributed by atoms with Gasteiger partial charge in [0.1, 0.15) is 5.75 Å². The highest BCUT2D eigenvalue weighted by Crippen LogP contribution is 2.19. The van der Waals surface area contributed by atoms with Gasteiger partial charge in [0.2, 0.25) is 0 Å². The van der Waals surface area contributed by atoms with Gasteiger partial charge in [-0.05, 0) is 43.5 Å². The van der Waals surface area contributed by atoms with Gasteiger partial charge in [-0.2, -0.15) is 0 Å². The Kier molecular flexibility index (Phi) is 8.40. The maximum absolute atomic E-state index is 12.6. The van der Waals surface area contributed by atoms with Crippen LogP contribution in [0.15, 0.2) is 24.3 Å². The molecule has 1 aromatic rings. The van der Waals surface area contributed by atoms with Crippen molar-refractivity contribution >= 4 is 27.5 Å². The number of hydrogen-bond donors (Lipinski definition) is 0. The highest BCUT2D eigenvalue weighted by atomic mass is 32.2. The number of ether oxygens (including phenoxy) is 2. The number of ketones is 1. The van der Waals surface area contributed by atoms with E-state index in [1.807, 2.05) is 13.8 Å². The van der Waals surface area contributed by atoms with Crippen molar-refractivity contribution in [3.8, 4) is 5.75 Å². The van der Waals surface area contributed by atoms with Crippen LogP contribution >= 0.6 is 0 Å². The van der Waals surface area contributed by atoms with Gasteiger partial charge in [-0.15, -0.1) is 0 Å². The number of benzene rings is 1. The van der Waals surface area contributed by atoms with Gasteiger partial charge in [-0.1, -0.05) is 13.8 Å². The number of rotatable bonds is 10. The highest BCUT2D eigenvalue weighted by molar-refractivity contribution is 7.91. The minimum atomic E-state index is -3.12. The first-order chi connectivity index (χ1) is 14.1. The molecule has 0 bridgehead atoms. The van der Waals surface area contributed by atoms with Crippen LogP contribution in [-0.2, 0) is 24.2 Å². The predicted octanol–water partition coefficient (Wildman–Crippen LogP) is 1.87. The van der Waals surface area contributed by atoms with Gasteiger partial charge in [0.05, 0.1) is 24.5 Å². The summed E-state index contributed by atoms with van der Waals surface area (Å²) in [4.78, 5) is 37.3. The molecule has 9 heteroatoms. The van der Waals surface area contributed by atoms with Gasteiger partial charge < -0.3 is 14.4 Å². The molecule has 1 aliphatic rings. The standard InChI is InChI=1S/C21H29NO7S/c1-15(2)12-22(18-9-11-30(26,27)14-18)20(24)13-29-21(25)8-10-28-19-6-4-17(5-7-19)16(3)23/h4-7,15,18H,8-14H2,1-3H3. The van der Waals surface area contributed by atoms with E-state index in [-0.39, 0.29) is 48.2 Å². The minimum absolute atomic E-state index is 0.0380. The van der Waals surface area contributed by atoms with Crippen LogP contribution in [0.5, 0.6) is 5.75 Å². The van der Waals surface area contributed by atoms with Crippen LogP contribution in [0.4, 0.5) is 0 Å². The first-order valence-corrected chi connectivity index (χ1v) is 11.8. The summed E-state index contributed by atoms with van der Waals surface area (Å²) in [5.41, 5.74) is 0.571. The Labute approximate surface area is 177 Å². The lowest BCUT2D eigenvalue weighted by Gasteiger charge is -2.29. The number of carbonyl (C=O) groups is 3. The second-order valence-electron chi connectivity index (χ2n) is 7.84. The van der Waals surface area contributed by atoms with Gasteiger partial charge >= 0.3 is 5.97 Å². The van der Waals surface area contributed by atoms with Gasteiger partial charge in [-0.3, -0.25) is 14.4 Å². The molecular formula is C21H29NO7S. The number of hydrogen-bond acceptors (Lipinski definition) is 7. The zero-order valence-electron chi connectivity index (χ0n) is 17.6. The zero-order chi connectivity index (χ0) is 22.3. The Morgan fingerprint density at radius 1 is 1.17 bits per heavy atom. The summed E-state index contributed by atoms with van der Waals surface area (Å²) in [6.45, 7) is 5.42. The molecule has 1 unspecified atom stereocenters. The second kappa shape index (κ2) is 10.6. The van der Waals surface area contributed by atoms with Crippen LogP contribution in [-0.4, -0.2) is 68.3 Å². The summed E-state index contributed by atoms with van der Waals surface area (Å²) in [7, 11) is -3.12. The summed E-state index contributed by atoms with van der Waals surface area (Å²) in [5.74, 6) is -0.298. The van der Waals surface area contributed by atoms with Crippen molar-refractivity contribution in [2.75, 3.05) is 31.3 Å². The molecule has 1 heterocycles. The van der Waals surface area contributed by atoms with E-state index in [4.69, 9.17) is 9.47 Å². The maximum atomic E-state index is 12.6. The predicted molar refractivity (Wildman–Crippen MR) is 111 cm³/mol. The SMILES string of the molecule is CC(=O)c1ccc(OCCC(=O)OCC(=O)N(CC(C)C)C2CCS(=O)(=O)C2)cc1. The maximum Gasteiger partial charge on any atom is 0.309 e. The Morgan fingerprint density at radius 2 is 1.83 bits per heavy atom. The number of esters is 1. The summed E-state index contributed by atoms with van der Waals surface area (Å²) in [6, 6.07) is 6.20. The molecule has 1 aromatic carbocycles. The minimum Gasteiger partial charge on any atom is -0.493 e. The third-order valence-electron chi connectivity index (χ3n) is 4.72. The molecule has 1 fully saturated rings. The third kappa shape index (κ3) is 7.44. The number of sulfone groups is 1. The fraction of sp³-hybridized carbons (Fsp3) is 0.571. The summed E-state index contributed by atoms with van der Waals surface area (Å²) in [5, 5.41) is 0. The molecule has 0 aliphatic carbocycles. The largest absolute Gasteiger partial charge is 0.493 e. The Bertz CT molecular complexity index is 862. The van der Waals surface area contributed by atoms with Crippen molar-refractivity contribution < 1.29 is 32.3 Å². The average molecular weight is 440 g/mol. The van der Waals surface area contributed by atoms with Crippen LogP contribution in [0.3, 0.4) is 0 Å². The van der Waals surface area contributed by atoms with E-state index in [1.54, 1.807) is 24.3 Å². The number of Topliss-reactive ketones (excluding diaryl/α,β-unsaturated/α-hetero) is 1. The number of amides is 1. The van der Waals surface area contributed by atoms with Crippen LogP contribution in [0, 0.1) is 5.92 Å². The Balaban J connectivity index is 1.78. The molecule has 166 valence electrons.